The number of imidazole rings is 1. The minimum absolute atomic E-state index is 0.0260. The molecule has 4 nitrogen and oxygen atoms in total. The van der Waals surface area contributed by atoms with E-state index < -0.39 is 5.97 Å². The van der Waals surface area contributed by atoms with Crippen LogP contribution in [0.25, 0.3) is 5.69 Å². The lowest BCUT2D eigenvalue weighted by Crippen LogP contribution is -2.04. The molecule has 0 bridgehead atoms. The van der Waals surface area contributed by atoms with Crippen LogP contribution in [-0.4, -0.2) is 20.6 Å². The van der Waals surface area contributed by atoms with Crippen molar-refractivity contribution in [2.24, 2.45) is 0 Å². The van der Waals surface area contributed by atoms with E-state index in [0.717, 1.165) is 5.69 Å². The highest BCUT2D eigenvalue weighted by Gasteiger charge is 2.07. The van der Waals surface area contributed by atoms with E-state index in [9.17, 15) is 9.18 Å². The van der Waals surface area contributed by atoms with Gasteiger partial charge in [-0.3, -0.25) is 4.79 Å². The predicted octanol–water partition coefficient (Wildman–Crippen LogP) is 2.03. The number of carbonyl (C=O) groups is 1. The highest BCUT2D eigenvalue weighted by atomic mass is 19.1. The second-order valence-corrected chi connectivity index (χ2v) is 3.58. The van der Waals surface area contributed by atoms with Crippen LogP contribution in [-0.2, 0) is 11.2 Å². The van der Waals surface area contributed by atoms with E-state index >= 15 is 0 Å². The fourth-order valence-corrected chi connectivity index (χ4v) is 1.57. The predicted molar refractivity (Wildman–Crippen MR) is 59.5 cm³/mol. The second kappa shape index (κ2) is 4.78. The highest BCUT2D eigenvalue weighted by Crippen LogP contribution is 2.12. The summed E-state index contributed by atoms with van der Waals surface area (Å²) in [5.41, 5.74) is 0.768. The molecule has 0 saturated heterocycles. The van der Waals surface area contributed by atoms with E-state index in [0.29, 0.717) is 12.2 Å². The van der Waals surface area contributed by atoms with Gasteiger partial charge in [0, 0.05) is 24.5 Å². The van der Waals surface area contributed by atoms with Crippen LogP contribution in [0.5, 0.6) is 0 Å². The first-order chi connectivity index (χ1) is 8.16. The number of carboxylic acids is 1. The summed E-state index contributed by atoms with van der Waals surface area (Å²) < 4.78 is 14.5. The van der Waals surface area contributed by atoms with Crippen LogP contribution in [0.2, 0.25) is 0 Å². The lowest BCUT2D eigenvalue weighted by atomic mass is 10.2. The van der Waals surface area contributed by atoms with Crippen LogP contribution >= 0.6 is 0 Å². The summed E-state index contributed by atoms with van der Waals surface area (Å²) in [5, 5.41) is 8.62. The molecule has 5 heteroatoms. The van der Waals surface area contributed by atoms with Gasteiger partial charge in [-0.15, -0.1) is 0 Å². The Labute approximate surface area is 97.3 Å². The van der Waals surface area contributed by atoms with Crippen LogP contribution in [0.15, 0.2) is 36.7 Å². The van der Waals surface area contributed by atoms with Crippen LogP contribution in [0.4, 0.5) is 4.39 Å². The van der Waals surface area contributed by atoms with Crippen LogP contribution in [0, 0.1) is 5.82 Å². The van der Waals surface area contributed by atoms with Crippen molar-refractivity contribution in [3.05, 3.63) is 48.3 Å². The molecule has 0 saturated carbocycles. The van der Waals surface area contributed by atoms with Gasteiger partial charge in [-0.1, -0.05) is 0 Å². The summed E-state index contributed by atoms with van der Waals surface area (Å²) in [6.07, 6.45) is 3.70. The van der Waals surface area contributed by atoms with Gasteiger partial charge in [0.05, 0.1) is 6.42 Å². The minimum Gasteiger partial charge on any atom is -0.481 e. The molecule has 0 amide bonds. The van der Waals surface area contributed by atoms with Gasteiger partial charge in [0.25, 0.3) is 0 Å². The summed E-state index contributed by atoms with van der Waals surface area (Å²) in [6, 6.07) is 5.97. The Morgan fingerprint density at radius 2 is 2.06 bits per heavy atom. The molecule has 0 unspecified atom stereocenters. The molecule has 1 N–H and O–H groups in total. The maximum atomic E-state index is 12.8. The Bertz CT molecular complexity index is 520. The lowest BCUT2D eigenvalue weighted by Gasteiger charge is -2.06. The molecule has 0 aliphatic heterocycles. The summed E-state index contributed by atoms with van der Waals surface area (Å²) >= 11 is 0. The molecule has 1 heterocycles. The largest absolute Gasteiger partial charge is 0.481 e. The summed E-state index contributed by atoms with van der Waals surface area (Å²) in [6.45, 7) is 0. The van der Waals surface area contributed by atoms with Crippen molar-refractivity contribution in [3.8, 4) is 5.69 Å². The Morgan fingerprint density at radius 1 is 1.35 bits per heavy atom. The Kier molecular flexibility index (Phi) is 3.18. The van der Waals surface area contributed by atoms with E-state index in [-0.39, 0.29) is 12.2 Å². The van der Waals surface area contributed by atoms with E-state index in [1.165, 1.54) is 12.1 Å². The van der Waals surface area contributed by atoms with E-state index in [4.69, 9.17) is 5.11 Å². The number of hydrogen-bond donors (Lipinski definition) is 1. The number of benzene rings is 1. The van der Waals surface area contributed by atoms with Gasteiger partial charge in [0.1, 0.15) is 11.6 Å². The third-order valence-electron chi connectivity index (χ3n) is 2.38. The van der Waals surface area contributed by atoms with Crippen molar-refractivity contribution < 1.29 is 14.3 Å². The van der Waals surface area contributed by atoms with Crippen LogP contribution in [0.3, 0.4) is 0 Å². The Balaban J connectivity index is 2.24. The molecule has 0 aliphatic rings. The monoisotopic (exact) mass is 234 g/mol. The van der Waals surface area contributed by atoms with Crippen molar-refractivity contribution in [1.82, 2.24) is 9.55 Å². The molecule has 0 aliphatic carbocycles. The van der Waals surface area contributed by atoms with Gasteiger partial charge in [0.2, 0.25) is 0 Å². The van der Waals surface area contributed by atoms with E-state index in [1.54, 1.807) is 29.1 Å². The van der Waals surface area contributed by atoms with E-state index in [1.807, 2.05) is 0 Å². The third kappa shape index (κ3) is 2.69. The zero-order valence-corrected chi connectivity index (χ0v) is 9.01. The SMILES string of the molecule is O=C(O)CCc1nccn1-c1ccc(F)cc1. The first-order valence-electron chi connectivity index (χ1n) is 5.17. The number of rotatable bonds is 4. The molecule has 1 aromatic heterocycles. The standard InChI is InChI=1S/C12H11FN2O2/c13-9-1-3-10(4-2-9)15-8-7-14-11(15)5-6-12(16)17/h1-4,7-8H,5-6H2,(H,16,17). The zero-order valence-electron chi connectivity index (χ0n) is 9.01. The number of aromatic nitrogens is 2. The first-order valence-corrected chi connectivity index (χ1v) is 5.17. The van der Waals surface area contributed by atoms with Crippen molar-refractivity contribution in [2.45, 2.75) is 12.8 Å². The molecule has 0 radical (unpaired) electrons. The number of carboxylic acid groups (broad SMARTS) is 1. The van der Waals surface area contributed by atoms with Gasteiger partial charge < -0.3 is 9.67 Å². The summed E-state index contributed by atoms with van der Waals surface area (Å²) in [5.74, 6) is -0.515. The molecule has 1 aromatic carbocycles. The molecule has 0 atom stereocenters. The molecule has 88 valence electrons. The summed E-state index contributed by atoms with van der Waals surface area (Å²) in [4.78, 5) is 14.6. The topological polar surface area (TPSA) is 55.1 Å². The van der Waals surface area contributed by atoms with Crippen molar-refractivity contribution in [1.29, 1.82) is 0 Å². The molecule has 2 rings (SSSR count). The zero-order chi connectivity index (χ0) is 12.3. The number of nitrogens with zero attached hydrogens (tertiary/aromatic N) is 2. The van der Waals surface area contributed by atoms with E-state index in [2.05, 4.69) is 4.98 Å². The van der Waals surface area contributed by atoms with Crippen molar-refractivity contribution in [3.63, 3.8) is 0 Å². The van der Waals surface area contributed by atoms with Crippen LogP contribution < -0.4 is 0 Å². The molecular formula is C12H11FN2O2. The normalized spacial score (nSPS) is 10.4. The number of aliphatic carboxylic acids is 1. The quantitative estimate of drug-likeness (QED) is 0.880. The smallest absolute Gasteiger partial charge is 0.303 e. The number of aryl methyl sites for hydroxylation is 1. The molecule has 0 spiro atoms. The first kappa shape index (κ1) is 11.3. The number of hydrogen-bond acceptors (Lipinski definition) is 2. The average Bonchev–Trinajstić information content (AvgIpc) is 2.75. The maximum absolute atomic E-state index is 12.8. The van der Waals surface area contributed by atoms with Crippen molar-refractivity contribution in [2.75, 3.05) is 0 Å². The second-order valence-electron chi connectivity index (χ2n) is 3.58. The molecule has 0 fully saturated rings. The van der Waals surface area contributed by atoms with Gasteiger partial charge in [-0.05, 0) is 24.3 Å². The molecular weight excluding hydrogens is 223 g/mol. The highest BCUT2D eigenvalue weighted by molar-refractivity contribution is 5.66. The maximum Gasteiger partial charge on any atom is 0.303 e. The minimum atomic E-state index is -0.862. The van der Waals surface area contributed by atoms with Crippen molar-refractivity contribution >= 4 is 5.97 Å². The fraction of sp³-hybridized carbons (Fsp3) is 0.167. The van der Waals surface area contributed by atoms with Gasteiger partial charge in [-0.25, -0.2) is 9.37 Å². The van der Waals surface area contributed by atoms with Gasteiger partial charge >= 0.3 is 5.97 Å². The van der Waals surface area contributed by atoms with Crippen LogP contribution in [0.1, 0.15) is 12.2 Å². The third-order valence-corrected chi connectivity index (χ3v) is 2.38. The van der Waals surface area contributed by atoms with Gasteiger partial charge in [0.15, 0.2) is 0 Å². The average molecular weight is 234 g/mol. The lowest BCUT2D eigenvalue weighted by molar-refractivity contribution is -0.137. The fourth-order valence-electron chi connectivity index (χ4n) is 1.57. The van der Waals surface area contributed by atoms with Gasteiger partial charge in [-0.2, -0.15) is 0 Å². The Morgan fingerprint density at radius 3 is 2.71 bits per heavy atom. The Hall–Kier alpha value is -2.17. The number of halogens is 1. The molecule has 17 heavy (non-hydrogen) atoms. The summed E-state index contributed by atoms with van der Waals surface area (Å²) in [7, 11) is 0. The molecule has 2 aromatic rings.